The zero-order chi connectivity index (χ0) is 15.0. The molecule has 1 aromatic carbocycles. The summed E-state index contributed by atoms with van der Waals surface area (Å²) in [6.07, 6.45) is -0.180. The number of carbonyl (C=O) groups is 1. The second-order valence-electron chi connectivity index (χ2n) is 5.11. The molecule has 1 fully saturated rings. The average Bonchev–Trinajstić information content (AvgIpc) is 2.75. The molecule has 1 amide bonds. The average molecular weight is 328 g/mol. The van der Waals surface area contributed by atoms with Gasteiger partial charge in [0.25, 0.3) is 0 Å². The zero-order valence-corrected chi connectivity index (χ0v) is 13.1. The molecule has 1 aliphatic rings. The summed E-state index contributed by atoms with van der Waals surface area (Å²) in [6.45, 7) is 3.12. The highest BCUT2D eigenvalue weighted by molar-refractivity contribution is 5.96. The molecule has 0 spiro atoms. The van der Waals surface area contributed by atoms with E-state index in [9.17, 15) is 9.59 Å². The van der Waals surface area contributed by atoms with Crippen LogP contribution in [0.4, 0.5) is 5.69 Å². The quantitative estimate of drug-likeness (QED) is 0.855. The molecule has 0 saturated carbocycles. The summed E-state index contributed by atoms with van der Waals surface area (Å²) in [5.74, 6) is -0.584. The monoisotopic (exact) mass is 327 g/mol. The van der Waals surface area contributed by atoms with E-state index in [-0.39, 0.29) is 30.5 Å². The molecule has 2 atom stereocenters. The molecule has 0 radical (unpaired) electrons. The number of hydrogen-bond donors (Lipinski definition) is 2. The minimum absolute atomic E-state index is 0. The normalized spacial score (nSPS) is 21.4. The number of aryl methyl sites for hydroxylation is 1. The van der Waals surface area contributed by atoms with Crippen molar-refractivity contribution < 1.29 is 13.9 Å². The van der Waals surface area contributed by atoms with Gasteiger partial charge in [-0.1, -0.05) is 0 Å². The number of morpholine rings is 1. The van der Waals surface area contributed by atoms with Gasteiger partial charge in [-0.3, -0.25) is 9.36 Å². The molecule has 2 N–H and O–H groups in total. The Bertz CT molecular complexity index is 739. The second-order valence-corrected chi connectivity index (χ2v) is 5.11. The van der Waals surface area contributed by atoms with Crippen LogP contribution in [0.1, 0.15) is 6.92 Å². The smallest absolute Gasteiger partial charge is 0.408 e. The van der Waals surface area contributed by atoms with E-state index in [0.29, 0.717) is 29.9 Å². The number of amides is 1. The Hall–Kier alpha value is -1.83. The maximum atomic E-state index is 12.3. The van der Waals surface area contributed by atoms with Gasteiger partial charge in [-0.25, -0.2) is 4.79 Å². The largest absolute Gasteiger partial charge is 0.419 e. The SMILES string of the molecule is C[C@H]1OCCN[C@@H]1C(=O)Nc1ccc2oc(=O)n(C)c2c1.Cl. The van der Waals surface area contributed by atoms with Crippen molar-refractivity contribution in [1.82, 2.24) is 9.88 Å². The van der Waals surface area contributed by atoms with Gasteiger partial charge in [0.1, 0.15) is 6.04 Å². The van der Waals surface area contributed by atoms with Crippen LogP contribution in [0.15, 0.2) is 27.4 Å². The van der Waals surface area contributed by atoms with Crippen LogP contribution in [-0.2, 0) is 16.6 Å². The number of aromatic nitrogens is 1. The highest BCUT2D eigenvalue weighted by Crippen LogP contribution is 2.18. The third kappa shape index (κ3) is 3.01. The van der Waals surface area contributed by atoms with Crippen LogP contribution in [-0.4, -0.2) is 35.8 Å². The van der Waals surface area contributed by atoms with Gasteiger partial charge in [0.2, 0.25) is 5.91 Å². The molecule has 1 aliphatic heterocycles. The molecule has 2 heterocycles. The molecule has 8 heteroatoms. The Morgan fingerprint density at radius 1 is 1.45 bits per heavy atom. The van der Waals surface area contributed by atoms with Gasteiger partial charge in [-0.2, -0.15) is 0 Å². The minimum atomic E-state index is -0.426. The van der Waals surface area contributed by atoms with E-state index in [2.05, 4.69) is 10.6 Å². The van der Waals surface area contributed by atoms with Crippen molar-refractivity contribution in [3.8, 4) is 0 Å². The molecule has 1 saturated heterocycles. The fraction of sp³-hybridized carbons (Fsp3) is 0.429. The Balaban J connectivity index is 0.00000176. The lowest BCUT2D eigenvalue weighted by Gasteiger charge is -2.29. The molecule has 7 nitrogen and oxygen atoms in total. The first-order chi connectivity index (χ1) is 10.1. The number of nitrogens with one attached hydrogen (secondary N) is 2. The van der Waals surface area contributed by atoms with E-state index in [0.717, 1.165) is 0 Å². The summed E-state index contributed by atoms with van der Waals surface area (Å²) in [4.78, 5) is 23.7. The number of benzene rings is 1. The van der Waals surface area contributed by atoms with Crippen LogP contribution in [0.5, 0.6) is 0 Å². The van der Waals surface area contributed by atoms with E-state index < -0.39 is 5.76 Å². The first-order valence-electron chi connectivity index (χ1n) is 6.81. The molecule has 2 aromatic rings. The number of oxazole rings is 1. The molecule has 1 aromatic heterocycles. The lowest BCUT2D eigenvalue weighted by Crippen LogP contribution is -2.53. The second kappa shape index (κ2) is 6.51. The van der Waals surface area contributed by atoms with Gasteiger partial charge in [-0.05, 0) is 25.1 Å². The molecular formula is C14H18ClN3O4. The maximum Gasteiger partial charge on any atom is 0.419 e. The van der Waals surface area contributed by atoms with E-state index in [1.807, 2.05) is 6.92 Å². The summed E-state index contributed by atoms with van der Waals surface area (Å²) in [5.41, 5.74) is 1.75. The van der Waals surface area contributed by atoms with Crippen molar-refractivity contribution in [3.05, 3.63) is 28.7 Å². The maximum absolute atomic E-state index is 12.3. The fourth-order valence-corrected chi connectivity index (χ4v) is 2.45. The Morgan fingerprint density at radius 3 is 2.95 bits per heavy atom. The number of ether oxygens (including phenoxy) is 1. The number of fused-ring (bicyclic) bond motifs is 1. The molecule has 22 heavy (non-hydrogen) atoms. The highest BCUT2D eigenvalue weighted by Gasteiger charge is 2.28. The lowest BCUT2D eigenvalue weighted by atomic mass is 10.1. The molecule has 120 valence electrons. The van der Waals surface area contributed by atoms with Crippen LogP contribution < -0.4 is 16.4 Å². The van der Waals surface area contributed by atoms with Crippen molar-refractivity contribution in [2.24, 2.45) is 7.05 Å². The predicted octanol–water partition coefficient (Wildman–Crippen LogP) is 0.869. The molecular weight excluding hydrogens is 310 g/mol. The number of halogens is 1. The van der Waals surface area contributed by atoms with Crippen molar-refractivity contribution in [2.45, 2.75) is 19.1 Å². The van der Waals surface area contributed by atoms with Crippen LogP contribution in [0.25, 0.3) is 11.1 Å². The van der Waals surface area contributed by atoms with E-state index >= 15 is 0 Å². The standard InChI is InChI=1S/C14H17N3O4.ClH/c1-8-12(15-5-6-20-8)13(18)16-9-3-4-11-10(7-9)17(2)14(19)21-11;/h3-4,7-8,12,15H,5-6H2,1-2H3,(H,16,18);1H/t8-,12+;/m1./s1. The summed E-state index contributed by atoms with van der Waals surface area (Å²) in [7, 11) is 1.62. The van der Waals surface area contributed by atoms with Crippen LogP contribution in [0.3, 0.4) is 0 Å². The third-order valence-electron chi connectivity index (χ3n) is 3.66. The predicted molar refractivity (Wildman–Crippen MR) is 84.5 cm³/mol. The summed E-state index contributed by atoms with van der Waals surface area (Å²) >= 11 is 0. The first kappa shape index (κ1) is 16.5. The van der Waals surface area contributed by atoms with Crippen molar-refractivity contribution >= 4 is 35.1 Å². The fourth-order valence-electron chi connectivity index (χ4n) is 2.45. The van der Waals surface area contributed by atoms with Crippen LogP contribution in [0.2, 0.25) is 0 Å². The topological polar surface area (TPSA) is 85.5 Å². The summed E-state index contributed by atoms with van der Waals surface area (Å²) in [5, 5.41) is 5.96. The zero-order valence-electron chi connectivity index (χ0n) is 12.3. The van der Waals surface area contributed by atoms with Crippen LogP contribution in [0, 0.1) is 0 Å². The van der Waals surface area contributed by atoms with Crippen LogP contribution >= 0.6 is 12.4 Å². The van der Waals surface area contributed by atoms with Crippen molar-refractivity contribution in [1.29, 1.82) is 0 Å². The first-order valence-corrected chi connectivity index (χ1v) is 6.81. The molecule has 3 rings (SSSR count). The number of rotatable bonds is 2. The number of nitrogens with zero attached hydrogens (tertiary/aromatic N) is 1. The summed E-state index contributed by atoms with van der Waals surface area (Å²) in [6, 6.07) is 4.70. The highest BCUT2D eigenvalue weighted by atomic mass is 35.5. The van der Waals surface area contributed by atoms with Crippen molar-refractivity contribution in [3.63, 3.8) is 0 Å². The van der Waals surface area contributed by atoms with Crippen molar-refractivity contribution in [2.75, 3.05) is 18.5 Å². The van der Waals surface area contributed by atoms with Gasteiger partial charge < -0.3 is 19.8 Å². The Labute approximate surface area is 133 Å². The third-order valence-corrected chi connectivity index (χ3v) is 3.66. The van der Waals surface area contributed by atoms with Gasteiger partial charge in [0.05, 0.1) is 18.2 Å². The minimum Gasteiger partial charge on any atom is -0.408 e. The number of carbonyl (C=O) groups excluding carboxylic acids is 1. The van der Waals surface area contributed by atoms with Gasteiger partial charge in [-0.15, -0.1) is 12.4 Å². The Kier molecular flexibility index (Phi) is 4.90. The Morgan fingerprint density at radius 2 is 2.23 bits per heavy atom. The van der Waals surface area contributed by atoms with Gasteiger partial charge in [0.15, 0.2) is 5.58 Å². The molecule has 0 bridgehead atoms. The number of hydrogen-bond acceptors (Lipinski definition) is 5. The van der Waals surface area contributed by atoms with Gasteiger partial charge >= 0.3 is 5.76 Å². The number of anilines is 1. The lowest BCUT2D eigenvalue weighted by molar-refractivity contribution is -0.123. The van der Waals surface area contributed by atoms with Gasteiger partial charge in [0, 0.05) is 19.3 Å². The molecule has 0 unspecified atom stereocenters. The van der Waals surface area contributed by atoms with E-state index in [1.54, 1.807) is 25.2 Å². The summed E-state index contributed by atoms with van der Waals surface area (Å²) < 4.78 is 11.9. The van der Waals surface area contributed by atoms with E-state index in [4.69, 9.17) is 9.15 Å². The molecule has 0 aliphatic carbocycles. The van der Waals surface area contributed by atoms with E-state index in [1.165, 1.54) is 4.57 Å².